The lowest BCUT2D eigenvalue weighted by atomic mass is 10.1. The van der Waals surface area contributed by atoms with E-state index in [-0.39, 0.29) is 0 Å². The third kappa shape index (κ3) is 2.99. The van der Waals surface area contributed by atoms with E-state index in [1.54, 1.807) is 6.08 Å². The highest BCUT2D eigenvalue weighted by molar-refractivity contribution is 6.75. The maximum Gasteiger partial charge on any atom is 0.218 e. The molecule has 0 saturated heterocycles. The highest BCUT2D eigenvalue weighted by Crippen LogP contribution is 2.27. The van der Waals surface area contributed by atoms with Crippen molar-refractivity contribution in [1.82, 2.24) is 4.98 Å². The maximum absolute atomic E-state index is 5.80. The first-order valence-corrected chi connectivity index (χ1v) is 9.88. The van der Waals surface area contributed by atoms with Gasteiger partial charge in [-0.2, -0.15) is 0 Å². The third-order valence-corrected chi connectivity index (χ3v) is 4.01. The van der Waals surface area contributed by atoms with Crippen LogP contribution in [0.5, 0.6) is 0 Å². The van der Waals surface area contributed by atoms with Crippen molar-refractivity contribution in [1.29, 1.82) is 0 Å². The monoisotopic (exact) mass is 257 g/mol. The van der Waals surface area contributed by atoms with Crippen molar-refractivity contribution in [3.05, 3.63) is 48.6 Å². The number of rotatable bonds is 4. The Balaban J connectivity index is 2.46. The molecular weight excluding hydrogens is 238 g/mol. The third-order valence-electron chi connectivity index (χ3n) is 2.63. The minimum absolute atomic E-state index is 0.613. The number of hydrogen-bond donors (Lipinski definition) is 0. The number of nitrogens with zero attached hydrogens (tertiary/aromatic N) is 1. The van der Waals surface area contributed by atoms with Gasteiger partial charge in [0.2, 0.25) is 5.89 Å². The van der Waals surface area contributed by atoms with Gasteiger partial charge >= 0.3 is 0 Å². The number of oxazole rings is 1. The van der Waals surface area contributed by atoms with Gasteiger partial charge in [0.05, 0.1) is 8.07 Å². The lowest BCUT2D eigenvalue weighted by Gasteiger charge is -2.14. The van der Waals surface area contributed by atoms with Crippen LogP contribution in [0.15, 0.2) is 41.3 Å². The molecule has 94 valence electrons. The Kier molecular flexibility index (Phi) is 3.52. The Morgan fingerprint density at radius 1 is 1.22 bits per heavy atom. The van der Waals surface area contributed by atoms with Crippen LogP contribution in [-0.4, -0.2) is 13.1 Å². The van der Waals surface area contributed by atoms with Gasteiger partial charge in [-0.1, -0.05) is 56.6 Å². The smallest absolute Gasteiger partial charge is 0.218 e. The van der Waals surface area contributed by atoms with Crippen molar-refractivity contribution < 1.29 is 4.42 Å². The Hall–Kier alpha value is -1.61. The highest BCUT2D eigenvalue weighted by Gasteiger charge is 2.21. The molecule has 0 fully saturated rings. The molecule has 0 N–H and O–H groups in total. The van der Waals surface area contributed by atoms with Gasteiger partial charge in [0.25, 0.3) is 0 Å². The summed E-state index contributed by atoms with van der Waals surface area (Å²) in [6, 6.07) is 11.2. The molecule has 0 aliphatic rings. The van der Waals surface area contributed by atoms with E-state index in [0.717, 1.165) is 23.1 Å². The molecule has 3 heteroatoms. The second kappa shape index (κ2) is 4.94. The molecule has 0 radical (unpaired) electrons. The standard InChI is InChI=1S/C15H19NOSi/c1-5-14-16-15(12-9-7-6-8-10-12)13(17-14)11-18(2,3)4/h5-10H,1,11H2,2-4H3. The van der Waals surface area contributed by atoms with Gasteiger partial charge in [-0.3, -0.25) is 0 Å². The summed E-state index contributed by atoms with van der Waals surface area (Å²) in [4.78, 5) is 4.52. The molecule has 2 aromatic rings. The van der Waals surface area contributed by atoms with E-state index >= 15 is 0 Å². The van der Waals surface area contributed by atoms with Crippen LogP contribution in [0.1, 0.15) is 11.7 Å². The molecule has 0 aliphatic carbocycles. The summed E-state index contributed by atoms with van der Waals surface area (Å²) in [7, 11) is -1.23. The molecule has 0 aliphatic heterocycles. The SMILES string of the molecule is C=Cc1nc(-c2ccccc2)c(C[Si](C)(C)C)o1. The average molecular weight is 257 g/mol. The van der Waals surface area contributed by atoms with Gasteiger partial charge in [0.1, 0.15) is 11.5 Å². The van der Waals surface area contributed by atoms with Crippen LogP contribution in [0.25, 0.3) is 17.3 Å². The second-order valence-corrected chi connectivity index (χ2v) is 11.1. The second-order valence-electron chi connectivity index (χ2n) is 5.63. The Morgan fingerprint density at radius 2 is 1.89 bits per heavy atom. The maximum atomic E-state index is 5.80. The number of aromatic nitrogens is 1. The molecule has 0 spiro atoms. The zero-order chi connectivity index (χ0) is 13.2. The van der Waals surface area contributed by atoms with Gasteiger partial charge in [0.15, 0.2) is 0 Å². The van der Waals surface area contributed by atoms with Gasteiger partial charge in [-0.15, -0.1) is 0 Å². The van der Waals surface area contributed by atoms with Gasteiger partial charge < -0.3 is 4.42 Å². The van der Waals surface area contributed by atoms with Crippen molar-refractivity contribution >= 4 is 14.1 Å². The Morgan fingerprint density at radius 3 is 2.44 bits per heavy atom. The Labute approximate surface area is 109 Å². The van der Waals surface area contributed by atoms with E-state index in [0.29, 0.717) is 5.89 Å². The van der Waals surface area contributed by atoms with Crippen LogP contribution in [0.4, 0.5) is 0 Å². The first-order valence-electron chi connectivity index (χ1n) is 6.17. The van der Waals surface area contributed by atoms with Crippen molar-refractivity contribution in [3.8, 4) is 11.3 Å². The van der Waals surface area contributed by atoms with Gasteiger partial charge in [-0.05, 0) is 6.08 Å². The molecule has 0 atom stereocenters. The summed E-state index contributed by atoms with van der Waals surface area (Å²) in [5.74, 6) is 1.61. The summed E-state index contributed by atoms with van der Waals surface area (Å²) in [6.07, 6.45) is 1.67. The first-order chi connectivity index (χ1) is 8.49. The quantitative estimate of drug-likeness (QED) is 0.759. The molecule has 18 heavy (non-hydrogen) atoms. The van der Waals surface area contributed by atoms with E-state index in [2.05, 4.69) is 43.3 Å². The molecule has 0 bridgehead atoms. The zero-order valence-corrected chi connectivity index (χ0v) is 12.2. The lowest BCUT2D eigenvalue weighted by Crippen LogP contribution is -2.23. The summed E-state index contributed by atoms with van der Waals surface area (Å²) >= 11 is 0. The van der Waals surface area contributed by atoms with Gasteiger partial charge in [0, 0.05) is 11.6 Å². The van der Waals surface area contributed by atoms with E-state index < -0.39 is 8.07 Å². The van der Waals surface area contributed by atoms with E-state index in [4.69, 9.17) is 4.42 Å². The van der Waals surface area contributed by atoms with E-state index in [1.165, 1.54) is 0 Å². The van der Waals surface area contributed by atoms with E-state index in [9.17, 15) is 0 Å². The van der Waals surface area contributed by atoms with Crippen LogP contribution in [0.2, 0.25) is 19.6 Å². The fourth-order valence-corrected chi connectivity index (χ4v) is 3.08. The fourth-order valence-electron chi connectivity index (χ4n) is 1.88. The molecule has 0 amide bonds. The normalized spacial score (nSPS) is 11.5. The molecule has 1 heterocycles. The topological polar surface area (TPSA) is 26.0 Å². The Bertz CT molecular complexity index is 537. The minimum Gasteiger partial charge on any atom is -0.441 e. The summed E-state index contributed by atoms with van der Waals surface area (Å²) < 4.78 is 5.80. The molecule has 1 aromatic carbocycles. The van der Waals surface area contributed by atoms with Crippen molar-refractivity contribution in [3.63, 3.8) is 0 Å². The summed E-state index contributed by atoms with van der Waals surface area (Å²) in [5, 5.41) is 0. The predicted molar refractivity (Wildman–Crippen MR) is 79.1 cm³/mol. The summed E-state index contributed by atoms with van der Waals surface area (Å²) in [6.45, 7) is 10.7. The van der Waals surface area contributed by atoms with Crippen molar-refractivity contribution in [2.24, 2.45) is 0 Å². The van der Waals surface area contributed by atoms with Crippen LogP contribution in [0.3, 0.4) is 0 Å². The van der Waals surface area contributed by atoms with Crippen LogP contribution in [0, 0.1) is 0 Å². The molecule has 2 nitrogen and oxygen atoms in total. The number of benzene rings is 1. The first kappa shape index (κ1) is 12.8. The molecular formula is C15H19NOSi. The van der Waals surface area contributed by atoms with Crippen LogP contribution in [-0.2, 0) is 6.04 Å². The predicted octanol–water partition coefficient (Wildman–Crippen LogP) is 4.40. The summed E-state index contributed by atoms with van der Waals surface area (Å²) in [5.41, 5.74) is 2.08. The highest BCUT2D eigenvalue weighted by atomic mass is 28.3. The van der Waals surface area contributed by atoms with Gasteiger partial charge in [-0.25, -0.2) is 4.98 Å². The molecule has 1 aromatic heterocycles. The average Bonchev–Trinajstić information content (AvgIpc) is 2.71. The van der Waals surface area contributed by atoms with Crippen LogP contribution < -0.4 is 0 Å². The number of hydrogen-bond acceptors (Lipinski definition) is 2. The molecule has 0 unspecified atom stereocenters. The van der Waals surface area contributed by atoms with Crippen molar-refractivity contribution in [2.75, 3.05) is 0 Å². The van der Waals surface area contributed by atoms with Crippen LogP contribution >= 0.6 is 0 Å². The minimum atomic E-state index is -1.23. The fraction of sp³-hybridized carbons (Fsp3) is 0.267. The largest absolute Gasteiger partial charge is 0.441 e. The molecule has 2 rings (SSSR count). The molecule has 0 saturated carbocycles. The van der Waals surface area contributed by atoms with E-state index in [1.807, 2.05) is 18.2 Å². The van der Waals surface area contributed by atoms with Crippen molar-refractivity contribution in [2.45, 2.75) is 25.7 Å². The zero-order valence-electron chi connectivity index (χ0n) is 11.2. The lowest BCUT2D eigenvalue weighted by molar-refractivity contribution is 0.511.